The fourth-order valence-electron chi connectivity index (χ4n) is 2.73. The minimum Gasteiger partial charge on any atom is -0.235 e. The summed E-state index contributed by atoms with van der Waals surface area (Å²) < 4.78 is 0. The molecule has 0 spiro atoms. The summed E-state index contributed by atoms with van der Waals surface area (Å²) in [6, 6.07) is 20.9. The number of nitrogens with zero attached hydrogens (tertiary/aromatic N) is 2. The van der Waals surface area contributed by atoms with Crippen LogP contribution in [0.4, 0.5) is 0 Å². The fraction of sp³-hybridized carbons (Fsp3) is 0.167. The van der Waals surface area contributed by atoms with Gasteiger partial charge in [-0.2, -0.15) is 5.26 Å². The summed E-state index contributed by atoms with van der Waals surface area (Å²) in [5.41, 5.74) is 5.06. The van der Waals surface area contributed by atoms with Crippen molar-refractivity contribution in [1.29, 1.82) is 5.26 Å². The van der Waals surface area contributed by atoms with Crippen molar-refractivity contribution in [1.82, 2.24) is 4.98 Å². The molecule has 0 saturated carbocycles. The zero-order chi connectivity index (χ0) is 18.9. The van der Waals surface area contributed by atoms with E-state index in [0.29, 0.717) is 5.57 Å². The molecule has 0 saturated heterocycles. The van der Waals surface area contributed by atoms with Crippen LogP contribution in [0, 0.1) is 11.3 Å². The summed E-state index contributed by atoms with van der Waals surface area (Å²) in [6.07, 6.45) is 9.25. The van der Waals surface area contributed by atoms with Crippen LogP contribution in [0.25, 0.3) is 22.9 Å². The molecule has 1 heterocycles. The predicted octanol–water partition coefficient (Wildman–Crippen LogP) is 6.77. The van der Waals surface area contributed by atoms with Crippen LogP contribution in [0.1, 0.15) is 35.9 Å². The van der Waals surface area contributed by atoms with E-state index in [1.165, 1.54) is 29.7 Å². The first-order chi connectivity index (χ1) is 13.3. The molecule has 27 heavy (non-hydrogen) atoms. The molecule has 134 valence electrons. The molecule has 2 aromatic carbocycles. The van der Waals surface area contributed by atoms with Gasteiger partial charge in [0.2, 0.25) is 0 Å². The maximum absolute atomic E-state index is 9.49. The molecule has 0 unspecified atom stereocenters. The van der Waals surface area contributed by atoms with Gasteiger partial charge in [-0.05, 0) is 30.0 Å². The number of rotatable bonds is 7. The summed E-state index contributed by atoms with van der Waals surface area (Å²) in [7, 11) is 0. The standard InChI is InChI=1S/C24H22N2S/c1-2-3-8-20-13-15-21(16-14-20)23-18-27-24(26-23)22(17-25)12-7-11-19-9-5-4-6-10-19/h4-7,9-16,18H,2-3,8H2,1H3. The molecule has 0 amide bonds. The molecule has 0 aliphatic heterocycles. The first-order valence-electron chi connectivity index (χ1n) is 9.19. The van der Waals surface area contributed by atoms with Crippen molar-refractivity contribution in [2.75, 3.05) is 0 Å². The first-order valence-corrected chi connectivity index (χ1v) is 10.1. The molecule has 0 atom stereocenters. The van der Waals surface area contributed by atoms with Gasteiger partial charge in [-0.15, -0.1) is 11.3 Å². The van der Waals surface area contributed by atoms with E-state index in [2.05, 4.69) is 42.2 Å². The summed E-state index contributed by atoms with van der Waals surface area (Å²) in [4.78, 5) is 4.66. The minimum atomic E-state index is 0.581. The van der Waals surface area contributed by atoms with Crippen molar-refractivity contribution in [3.05, 3.63) is 88.3 Å². The van der Waals surface area contributed by atoms with Gasteiger partial charge in [0, 0.05) is 10.9 Å². The average Bonchev–Trinajstić information content (AvgIpc) is 3.21. The van der Waals surface area contributed by atoms with E-state index in [4.69, 9.17) is 0 Å². The number of unbranched alkanes of at least 4 members (excludes halogenated alkanes) is 1. The molecule has 0 aliphatic carbocycles. The van der Waals surface area contributed by atoms with Crippen LogP contribution < -0.4 is 0 Å². The highest BCUT2D eigenvalue weighted by Gasteiger charge is 2.08. The van der Waals surface area contributed by atoms with E-state index in [9.17, 15) is 5.26 Å². The highest BCUT2D eigenvalue weighted by molar-refractivity contribution is 7.11. The molecule has 0 fully saturated rings. The van der Waals surface area contributed by atoms with Crippen LogP contribution in [-0.4, -0.2) is 4.98 Å². The SMILES string of the molecule is CCCCc1ccc(-c2csc(C(C#N)=CC=Cc3ccccc3)n2)cc1. The largest absolute Gasteiger partial charge is 0.235 e. The van der Waals surface area contributed by atoms with E-state index >= 15 is 0 Å². The Morgan fingerprint density at radius 2 is 1.89 bits per heavy atom. The Bertz CT molecular complexity index is 958. The summed E-state index contributed by atoms with van der Waals surface area (Å²) in [6.45, 7) is 2.21. The van der Waals surface area contributed by atoms with Crippen molar-refractivity contribution in [3.63, 3.8) is 0 Å². The third-order valence-electron chi connectivity index (χ3n) is 4.27. The molecule has 2 nitrogen and oxygen atoms in total. The Labute approximate surface area is 165 Å². The second-order valence-corrected chi connectivity index (χ2v) is 7.16. The smallest absolute Gasteiger partial charge is 0.134 e. The molecule has 0 bridgehead atoms. The second kappa shape index (κ2) is 9.66. The van der Waals surface area contributed by atoms with Gasteiger partial charge in [-0.25, -0.2) is 4.98 Å². The van der Waals surface area contributed by atoms with Crippen molar-refractivity contribution in [3.8, 4) is 17.3 Å². The van der Waals surface area contributed by atoms with Gasteiger partial charge >= 0.3 is 0 Å². The van der Waals surface area contributed by atoms with Gasteiger partial charge < -0.3 is 0 Å². The normalized spacial score (nSPS) is 11.6. The number of nitriles is 1. The molecular weight excluding hydrogens is 348 g/mol. The highest BCUT2D eigenvalue weighted by Crippen LogP contribution is 2.26. The van der Waals surface area contributed by atoms with Crippen LogP contribution in [0.15, 0.2) is 72.1 Å². The van der Waals surface area contributed by atoms with E-state index in [0.717, 1.165) is 28.2 Å². The Kier molecular flexibility index (Phi) is 6.73. The lowest BCUT2D eigenvalue weighted by atomic mass is 10.1. The van der Waals surface area contributed by atoms with Gasteiger partial charge in [-0.3, -0.25) is 0 Å². The van der Waals surface area contributed by atoms with Crippen LogP contribution >= 0.6 is 11.3 Å². The number of aryl methyl sites for hydroxylation is 1. The van der Waals surface area contributed by atoms with Crippen molar-refractivity contribution in [2.45, 2.75) is 26.2 Å². The number of hydrogen-bond donors (Lipinski definition) is 0. The lowest BCUT2D eigenvalue weighted by Gasteiger charge is -2.01. The van der Waals surface area contributed by atoms with Gasteiger partial charge in [0.15, 0.2) is 0 Å². The Hall–Kier alpha value is -2.96. The number of aromatic nitrogens is 1. The zero-order valence-electron chi connectivity index (χ0n) is 15.4. The highest BCUT2D eigenvalue weighted by atomic mass is 32.1. The number of benzene rings is 2. The molecule has 3 heteroatoms. The van der Waals surface area contributed by atoms with E-state index in [1.807, 2.05) is 53.9 Å². The number of allylic oxidation sites excluding steroid dienone is 3. The molecule has 0 N–H and O–H groups in total. The first kappa shape index (κ1) is 18.8. The Morgan fingerprint density at radius 3 is 2.59 bits per heavy atom. The third kappa shape index (κ3) is 5.26. The van der Waals surface area contributed by atoms with Crippen LogP contribution in [-0.2, 0) is 6.42 Å². The molecule has 0 aliphatic rings. The lowest BCUT2D eigenvalue weighted by Crippen LogP contribution is -1.86. The van der Waals surface area contributed by atoms with Crippen LogP contribution in [0.2, 0.25) is 0 Å². The van der Waals surface area contributed by atoms with E-state index in [-0.39, 0.29) is 0 Å². The van der Waals surface area contributed by atoms with E-state index < -0.39 is 0 Å². The summed E-state index contributed by atoms with van der Waals surface area (Å²) in [5, 5.41) is 12.3. The molecule has 3 aromatic rings. The molecule has 1 aromatic heterocycles. The Morgan fingerprint density at radius 1 is 1.11 bits per heavy atom. The maximum atomic E-state index is 9.49. The van der Waals surface area contributed by atoms with Gasteiger partial charge in [0.05, 0.1) is 11.3 Å². The lowest BCUT2D eigenvalue weighted by molar-refractivity contribution is 0.795. The zero-order valence-corrected chi connectivity index (χ0v) is 16.2. The minimum absolute atomic E-state index is 0.581. The van der Waals surface area contributed by atoms with Crippen molar-refractivity contribution in [2.24, 2.45) is 0 Å². The third-order valence-corrected chi connectivity index (χ3v) is 5.15. The number of hydrogen-bond acceptors (Lipinski definition) is 3. The van der Waals surface area contributed by atoms with Crippen molar-refractivity contribution >= 4 is 23.0 Å². The topological polar surface area (TPSA) is 36.7 Å². The molecule has 3 rings (SSSR count). The quantitative estimate of drug-likeness (QED) is 0.340. The molecular formula is C24H22N2S. The second-order valence-electron chi connectivity index (χ2n) is 6.30. The van der Waals surface area contributed by atoms with Gasteiger partial charge in [0.1, 0.15) is 11.1 Å². The van der Waals surface area contributed by atoms with Crippen LogP contribution in [0.5, 0.6) is 0 Å². The summed E-state index contributed by atoms with van der Waals surface area (Å²) in [5.74, 6) is 0. The van der Waals surface area contributed by atoms with Crippen molar-refractivity contribution < 1.29 is 0 Å². The van der Waals surface area contributed by atoms with Crippen LogP contribution in [0.3, 0.4) is 0 Å². The predicted molar refractivity (Wildman–Crippen MR) is 115 cm³/mol. The summed E-state index contributed by atoms with van der Waals surface area (Å²) >= 11 is 1.51. The van der Waals surface area contributed by atoms with E-state index in [1.54, 1.807) is 0 Å². The van der Waals surface area contributed by atoms with Gasteiger partial charge in [0.25, 0.3) is 0 Å². The molecule has 0 radical (unpaired) electrons. The maximum Gasteiger partial charge on any atom is 0.134 e. The number of thiazole rings is 1. The average molecular weight is 371 g/mol. The Balaban J connectivity index is 1.74. The fourth-order valence-corrected chi connectivity index (χ4v) is 3.53. The van der Waals surface area contributed by atoms with Gasteiger partial charge in [-0.1, -0.05) is 80.1 Å². The monoisotopic (exact) mass is 370 g/mol.